The van der Waals surface area contributed by atoms with Gasteiger partial charge in [0.15, 0.2) is 0 Å². The third kappa shape index (κ3) is 11.1. The Morgan fingerprint density at radius 3 is 0.921 bits per heavy atom. The molecular weight excluding hydrogens is 590 g/mol. The molecule has 0 amide bonds. The molecule has 2 heteroatoms. The van der Waals surface area contributed by atoms with E-state index in [1.165, 1.54) is 125 Å². The van der Waals surface area contributed by atoms with E-state index in [1.54, 1.807) is 0 Å². The maximum absolute atomic E-state index is 2.38. The van der Waals surface area contributed by atoms with Crippen molar-refractivity contribution in [2.24, 2.45) is 0 Å². The van der Waals surface area contributed by atoms with E-state index in [0.29, 0.717) is 0 Å². The number of halogens is 1. The number of rotatable bonds is 20. The summed E-state index contributed by atoms with van der Waals surface area (Å²) in [6.45, 7) is 2.30. The molecule has 0 aliphatic rings. The van der Waals surface area contributed by atoms with Gasteiger partial charge >= 0.3 is 0 Å². The molecule has 0 saturated heterocycles. The Bertz CT molecular complexity index is 829. The van der Waals surface area contributed by atoms with E-state index in [4.69, 9.17) is 0 Å². The monoisotopic (exact) mass is 643 g/mol. The van der Waals surface area contributed by atoms with Gasteiger partial charge in [0.05, 0.1) is 6.16 Å². The number of hydrogen-bond acceptors (Lipinski definition) is 0. The Kier molecular flexibility index (Phi) is 18.0. The molecule has 208 valence electrons. The molecule has 3 aromatic carbocycles. The van der Waals surface area contributed by atoms with E-state index in [1.807, 2.05) is 0 Å². The molecule has 0 saturated carbocycles. The molecule has 0 spiro atoms. The molecule has 0 heterocycles. The van der Waals surface area contributed by atoms with Crippen LogP contribution in [0.3, 0.4) is 0 Å². The summed E-state index contributed by atoms with van der Waals surface area (Å²) in [4.78, 5) is 0. The third-order valence-corrected chi connectivity index (χ3v) is 12.5. The second-order valence-corrected chi connectivity index (χ2v) is 14.5. The number of hydrogen-bond donors (Lipinski definition) is 0. The second kappa shape index (κ2) is 20.7. The SMILES string of the molecule is CCCCCCCCCCCCCCCCCC[P+](c1ccccc1)(c1ccccc1)c1ccccc1.I. The summed E-state index contributed by atoms with van der Waals surface area (Å²) in [7, 11) is -1.64. The summed E-state index contributed by atoms with van der Waals surface area (Å²) in [6.07, 6.45) is 24.0. The van der Waals surface area contributed by atoms with Gasteiger partial charge < -0.3 is 0 Å². The topological polar surface area (TPSA) is 0 Å². The van der Waals surface area contributed by atoms with Gasteiger partial charge in [-0.2, -0.15) is 0 Å². The van der Waals surface area contributed by atoms with Crippen LogP contribution >= 0.6 is 31.2 Å². The normalized spacial score (nSPS) is 11.3. The van der Waals surface area contributed by atoms with Crippen molar-refractivity contribution >= 4 is 47.2 Å². The first-order chi connectivity index (χ1) is 18.4. The summed E-state index contributed by atoms with van der Waals surface area (Å²) < 4.78 is 0. The lowest BCUT2D eigenvalue weighted by Crippen LogP contribution is -2.33. The van der Waals surface area contributed by atoms with Crippen molar-refractivity contribution < 1.29 is 0 Å². The van der Waals surface area contributed by atoms with Crippen LogP contribution in [-0.4, -0.2) is 6.16 Å². The standard InChI is InChI=1S/C36H52P.HI/c1-2-3-4-5-6-7-8-9-10-11-12-13-14-15-16-26-33-37(34-27-20-17-21-28-34,35-29-22-18-23-30-35)36-31-24-19-25-32-36;/h17-25,27-32H,2-16,26,33H2,1H3;1H/q+1;. The molecular formula is C36H53IP+. The number of benzene rings is 3. The Labute approximate surface area is 252 Å². The third-order valence-electron chi connectivity index (χ3n) is 7.94. The predicted octanol–water partition coefficient (Wildman–Crippen LogP) is 10.9. The van der Waals surface area contributed by atoms with Crippen molar-refractivity contribution in [2.75, 3.05) is 6.16 Å². The molecule has 3 rings (SSSR count). The number of unbranched alkanes of at least 4 members (excludes halogenated alkanes) is 15. The summed E-state index contributed by atoms with van der Waals surface area (Å²) in [5, 5.41) is 4.56. The minimum atomic E-state index is -1.64. The lowest BCUT2D eigenvalue weighted by molar-refractivity contribution is 0.531. The highest BCUT2D eigenvalue weighted by Crippen LogP contribution is 2.56. The molecule has 0 aliphatic carbocycles. The zero-order chi connectivity index (χ0) is 25.9. The minimum absolute atomic E-state index is 0. The van der Waals surface area contributed by atoms with Gasteiger partial charge in [-0.05, 0) is 49.2 Å². The Hall–Kier alpha value is -1.18. The van der Waals surface area contributed by atoms with Crippen LogP contribution in [0.4, 0.5) is 0 Å². The first-order valence-corrected chi connectivity index (χ1v) is 17.4. The largest absolute Gasteiger partial charge is 0.112 e. The van der Waals surface area contributed by atoms with Crippen LogP contribution in [0.5, 0.6) is 0 Å². The van der Waals surface area contributed by atoms with Crippen LogP contribution in [0.25, 0.3) is 0 Å². The highest BCUT2D eigenvalue weighted by molar-refractivity contribution is 14.0. The lowest BCUT2D eigenvalue weighted by Gasteiger charge is -2.27. The van der Waals surface area contributed by atoms with E-state index in [2.05, 4.69) is 97.9 Å². The predicted molar refractivity (Wildman–Crippen MR) is 185 cm³/mol. The van der Waals surface area contributed by atoms with Crippen LogP contribution in [0.1, 0.15) is 110 Å². The second-order valence-electron chi connectivity index (χ2n) is 10.8. The average molecular weight is 644 g/mol. The van der Waals surface area contributed by atoms with Crippen molar-refractivity contribution in [2.45, 2.75) is 110 Å². The van der Waals surface area contributed by atoms with Crippen LogP contribution < -0.4 is 15.9 Å². The summed E-state index contributed by atoms with van der Waals surface area (Å²) in [5.74, 6) is 0. The Morgan fingerprint density at radius 1 is 0.368 bits per heavy atom. The van der Waals surface area contributed by atoms with E-state index < -0.39 is 7.26 Å². The summed E-state index contributed by atoms with van der Waals surface area (Å²) in [6, 6.07) is 34.1. The van der Waals surface area contributed by atoms with Crippen molar-refractivity contribution in [1.29, 1.82) is 0 Å². The van der Waals surface area contributed by atoms with Gasteiger partial charge in [-0.15, -0.1) is 24.0 Å². The molecule has 3 aromatic rings. The Balaban J connectivity index is 0.00000507. The quantitative estimate of drug-likeness (QED) is 0.0653. The molecule has 0 nitrogen and oxygen atoms in total. The van der Waals surface area contributed by atoms with E-state index in [-0.39, 0.29) is 24.0 Å². The van der Waals surface area contributed by atoms with E-state index in [0.717, 1.165) is 0 Å². The average Bonchev–Trinajstić information content (AvgIpc) is 2.96. The van der Waals surface area contributed by atoms with Gasteiger partial charge in [0, 0.05) is 0 Å². The molecule has 0 fully saturated rings. The molecule has 0 N–H and O–H groups in total. The lowest BCUT2D eigenvalue weighted by atomic mass is 10.0. The van der Waals surface area contributed by atoms with Gasteiger partial charge in [0.1, 0.15) is 23.2 Å². The summed E-state index contributed by atoms with van der Waals surface area (Å²) >= 11 is 0. The van der Waals surface area contributed by atoms with Gasteiger partial charge in [-0.25, -0.2) is 0 Å². The fourth-order valence-electron chi connectivity index (χ4n) is 5.78. The van der Waals surface area contributed by atoms with Crippen LogP contribution in [0, 0.1) is 0 Å². The van der Waals surface area contributed by atoms with Gasteiger partial charge in [-0.3, -0.25) is 0 Å². The highest BCUT2D eigenvalue weighted by Gasteiger charge is 2.44. The van der Waals surface area contributed by atoms with Gasteiger partial charge in [-0.1, -0.05) is 151 Å². The highest BCUT2D eigenvalue weighted by atomic mass is 127. The van der Waals surface area contributed by atoms with Crippen LogP contribution in [0.2, 0.25) is 0 Å². The van der Waals surface area contributed by atoms with E-state index in [9.17, 15) is 0 Å². The van der Waals surface area contributed by atoms with E-state index >= 15 is 0 Å². The fraction of sp³-hybridized carbons (Fsp3) is 0.500. The molecule has 0 aliphatic heterocycles. The van der Waals surface area contributed by atoms with Crippen LogP contribution in [0.15, 0.2) is 91.0 Å². The van der Waals surface area contributed by atoms with Crippen molar-refractivity contribution in [3.63, 3.8) is 0 Å². The van der Waals surface area contributed by atoms with Crippen molar-refractivity contribution in [3.05, 3.63) is 91.0 Å². The van der Waals surface area contributed by atoms with Gasteiger partial charge in [0.2, 0.25) is 0 Å². The first kappa shape index (κ1) is 33.0. The van der Waals surface area contributed by atoms with Crippen molar-refractivity contribution in [3.8, 4) is 0 Å². The molecule has 0 atom stereocenters. The molecule has 0 radical (unpaired) electrons. The summed E-state index contributed by atoms with van der Waals surface area (Å²) in [5.41, 5.74) is 0. The first-order valence-electron chi connectivity index (χ1n) is 15.4. The zero-order valence-electron chi connectivity index (χ0n) is 24.0. The molecule has 0 bridgehead atoms. The maximum atomic E-state index is 2.38. The van der Waals surface area contributed by atoms with Crippen LogP contribution in [-0.2, 0) is 0 Å². The smallest absolute Gasteiger partial charge is 0.107 e. The molecule has 38 heavy (non-hydrogen) atoms. The molecule has 0 unspecified atom stereocenters. The Morgan fingerprint density at radius 2 is 0.632 bits per heavy atom. The molecule has 0 aromatic heterocycles. The van der Waals surface area contributed by atoms with Crippen molar-refractivity contribution in [1.82, 2.24) is 0 Å². The zero-order valence-corrected chi connectivity index (χ0v) is 27.3. The fourth-order valence-corrected chi connectivity index (χ4v) is 10.2. The minimum Gasteiger partial charge on any atom is -0.107 e. The van der Waals surface area contributed by atoms with Gasteiger partial charge in [0.25, 0.3) is 0 Å². The maximum Gasteiger partial charge on any atom is 0.112 e.